The van der Waals surface area contributed by atoms with Gasteiger partial charge in [-0.15, -0.1) is 0 Å². The molecule has 1 saturated heterocycles. The Morgan fingerprint density at radius 3 is 2.64 bits per heavy atom. The average Bonchev–Trinajstić information content (AvgIpc) is 3.13. The van der Waals surface area contributed by atoms with E-state index in [0.717, 1.165) is 0 Å². The first-order valence-electron chi connectivity index (χ1n) is 8.29. The van der Waals surface area contributed by atoms with Gasteiger partial charge >= 0.3 is 0 Å². The number of nitrogens with zero attached hydrogens (tertiary/aromatic N) is 5. The molecule has 0 N–H and O–H groups in total. The molecule has 0 aliphatic carbocycles. The first-order valence-corrected chi connectivity index (χ1v) is 9.73. The van der Waals surface area contributed by atoms with Gasteiger partial charge in [0.05, 0.1) is 24.1 Å². The van der Waals surface area contributed by atoms with Crippen molar-refractivity contribution in [3.05, 3.63) is 30.0 Å². The third-order valence-electron chi connectivity index (χ3n) is 4.28. The van der Waals surface area contributed by atoms with Gasteiger partial charge in [-0.05, 0) is 34.1 Å². The van der Waals surface area contributed by atoms with Crippen molar-refractivity contribution in [3.8, 4) is 5.88 Å². The summed E-state index contributed by atoms with van der Waals surface area (Å²) in [4.78, 5) is 8.33. The van der Waals surface area contributed by atoms with Crippen LogP contribution in [0.1, 0.15) is 37.7 Å². The first-order chi connectivity index (χ1) is 11.8. The predicted octanol–water partition coefficient (Wildman–Crippen LogP) is 1.71. The molecule has 0 saturated carbocycles. The normalized spacial score (nSPS) is 18.8. The Hall–Kier alpha value is -2.00. The van der Waals surface area contributed by atoms with Gasteiger partial charge in [0.15, 0.2) is 0 Å². The number of ether oxygens (including phenoxy) is 1. The Bertz CT molecular complexity index is 848. The fourth-order valence-electron chi connectivity index (χ4n) is 3.18. The lowest BCUT2D eigenvalue weighted by Crippen LogP contribution is -2.31. The third kappa shape index (κ3) is 3.38. The van der Waals surface area contributed by atoms with Crippen LogP contribution in [0.4, 0.5) is 0 Å². The minimum Gasteiger partial charge on any atom is -0.472 e. The van der Waals surface area contributed by atoms with Crippen LogP contribution in [0.3, 0.4) is 0 Å². The van der Waals surface area contributed by atoms with Gasteiger partial charge in [-0.2, -0.15) is 9.40 Å². The quantitative estimate of drug-likeness (QED) is 0.801. The molecule has 0 spiro atoms. The maximum atomic E-state index is 13.1. The van der Waals surface area contributed by atoms with E-state index in [1.807, 2.05) is 13.8 Å². The van der Waals surface area contributed by atoms with Crippen molar-refractivity contribution in [1.29, 1.82) is 0 Å². The smallest absolute Gasteiger partial charge is 0.246 e. The molecular formula is C16H23N5O3S. The third-order valence-corrected chi connectivity index (χ3v) is 6.40. The molecule has 9 heteroatoms. The summed E-state index contributed by atoms with van der Waals surface area (Å²) >= 11 is 0. The van der Waals surface area contributed by atoms with Crippen LogP contribution in [0.25, 0.3) is 0 Å². The zero-order chi connectivity index (χ0) is 18.2. The fraction of sp³-hybridized carbons (Fsp3) is 0.562. The summed E-state index contributed by atoms with van der Waals surface area (Å²) in [6, 6.07) is 0.106. The van der Waals surface area contributed by atoms with E-state index in [0.29, 0.717) is 41.7 Å². The Morgan fingerprint density at radius 1 is 1.28 bits per heavy atom. The highest BCUT2D eigenvalue weighted by Crippen LogP contribution is 2.28. The average molecular weight is 365 g/mol. The molecule has 136 valence electrons. The van der Waals surface area contributed by atoms with Gasteiger partial charge in [-0.3, -0.25) is 9.67 Å². The number of rotatable bonds is 5. The van der Waals surface area contributed by atoms with Gasteiger partial charge in [0, 0.05) is 25.0 Å². The summed E-state index contributed by atoms with van der Waals surface area (Å²) in [5, 5.41) is 4.40. The minimum atomic E-state index is -3.60. The largest absolute Gasteiger partial charge is 0.472 e. The molecule has 2 aromatic heterocycles. The van der Waals surface area contributed by atoms with Crippen molar-refractivity contribution in [2.24, 2.45) is 0 Å². The van der Waals surface area contributed by atoms with Crippen molar-refractivity contribution in [2.45, 2.75) is 51.2 Å². The van der Waals surface area contributed by atoms with Crippen LogP contribution in [-0.2, 0) is 10.0 Å². The summed E-state index contributed by atoms with van der Waals surface area (Å²) in [5.74, 6) is 0.409. The highest BCUT2D eigenvalue weighted by atomic mass is 32.2. The van der Waals surface area contributed by atoms with E-state index in [9.17, 15) is 8.42 Å². The monoisotopic (exact) mass is 365 g/mol. The van der Waals surface area contributed by atoms with Gasteiger partial charge in [-0.1, -0.05) is 0 Å². The first kappa shape index (κ1) is 17.8. The number of hydrogen-bond donors (Lipinski definition) is 0. The lowest BCUT2D eigenvalue weighted by Gasteiger charge is -2.17. The molecule has 0 radical (unpaired) electrons. The molecule has 0 bridgehead atoms. The van der Waals surface area contributed by atoms with E-state index in [4.69, 9.17) is 4.74 Å². The van der Waals surface area contributed by atoms with Crippen molar-refractivity contribution in [1.82, 2.24) is 24.1 Å². The van der Waals surface area contributed by atoms with Crippen LogP contribution in [0.5, 0.6) is 5.88 Å². The molecule has 1 aliphatic rings. The number of aromatic nitrogens is 4. The molecule has 2 aromatic rings. The maximum Gasteiger partial charge on any atom is 0.246 e. The van der Waals surface area contributed by atoms with E-state index in [2.05, 4.69) is 15.1 Å². The molecule has 8 nitrogen and oxygen atoms in total. The van der Waals surface area contributed by atoms with Crippen LogP contribution in [0.15, 0.2) is 23.5 Å². The van der Waals surface area contributed by atoms with Crippen molar-refractivity contribution in [3.63, 3.8) is 0 Å². The zero-order valence-corrected chi connectivity index (χ0v) is 15.7. The Morgan fingerprint density at radius 2 is 2.04 bits per heavy atom. The maximum absolute atomic E-state index is 13.1. The Balaban J connectivity index is 1.80. The van der Waals surface area contributed by atoms with E-state index in [1.54, 1.807) is 30.9 Å². The van der Waals surface area contributed by atoms with E-state index < -0.39 is 10.0 Å². The molecule has 3 rings (SSSR count). The lowest BCUT2D eigenvalue weighted by molar-refractivity contribution is 0.206. The van der Waals surface area contributed by atoms with Crippen LogP contribution in [0, 0.1) is 13.8 Å². The van der Waals surface area contributed by atoms with Gasteiger partial charge in [-0.25, -0.2) is 13.4 Å². The van der Waals surface area contributed by atoms with Crippen molar-refractivity contribution >= 4 is 10.0 Å². The van der Waals surface area contributed by atoms with Gasteiger partial charge in [0.25, 0.3) is 0 Å². The number of hydrogen-bond acceptors (Lipinski definition) is 6. The second-order valence-electron chi connectivity index (χ2n) is 6.47. The SMILES string of the molecule is Cc1nn(C(C)C)c(C)c1S(=O)(=O)N1CCC(Oc2cnccn2)C1. The Labute approximate surface area is 147 Å². The number of aryl methyl sites for hydroxylation is 1. The number of sulfonamides is 1. The van der Waals surface area contributed by atoms with Crippen molar-refractivity contribution in [2.75, 3.05) is 13.1 Å². The van der Waals surface area contributed by atoms with Crippen LogP contribution >= 0.6 is 0 Å². The summed E-state index contributed by atoms with van der Waals surface area (Å²) in [7, 11) is -3.60. The molecule has 0 amide bonds. The molecule has 25 heavy (non-hydrogen) atoms. The highest BCUT2D eigenvalue weighted by Gasteiger charge is 2.37. The van der Waals surface area contributed by atoms with Crippen molar-refractivity contribution < 1.29 is 13.2 Å². The predicted molar refractivity (Wildman–Crippen MR) is 91.9 cm³/mol. The van der Waals surface area contributed by atoms with E-state index >= 15 is 0 Å². The molecular weight excluding hydrogens is 342 g/mol. The summed E-state index contributed by atoms with van der Waals surface area (Å²) in [6.45, 7) is 8.22. The van der Waals surface area contributed by atoms with E-state index in [1.165, 1.54) is 10.5 Å². The second kappa shape index (κ2) is 6.72. The standard InChI is InChI=1S/C16H23N5O3S/c1-11(2)21-13(4)16(12(3)19-21)25(22,23)20-8-5-14(10-20)24-15-9-17-6-7-18-15/h6-7,9,11,14H,5,8,10H2,1-4H3. The van der Waals surface area contributed by atoms with Gasteiger partial charge in [0.1, 0.15) is 11.0 Å². The fourth-order valence-corrected chi connectivity index (χ4v) is 5.03. The highest BCUT2D eigenvalue weighted by molar-refractivity contribution is 7.89. The van der Waals surface area contributed by atoms with Gasteiger partial charge < -0.3 is 4.74 Å². The summed E-state index contributed by atoms with van der Waals surface area (Å²) in [6.07, 6.45) is 5.03. The molecule has 1 unspecified atom stereocenters. The summed E-state index contributed by atoms with van der Waals surface area (Å²) < 4.78 is 35.2. The Kier molecular flexibility index (Phi) is 4.79. The minimum absolute atomic E-state index is 0.106. The topological polar surface area (TPSA) is 90.2 Å². The van der Waals surface area contributed by atoms with Crippen LogP contribution in [-0.4, -0.2) is 51.7 Å². The lowest BCUT2D eigenvalue weighted by atomic mass is 10.3. The van der Waals surface area contributed by atoms with Gasteiger partial charge in [0.2, 0.25) is 15.9 Å². The second-order valence-corrected chi connectivity index (χ2v) is 8.35. The molecule has 3 heterocycles. The molecule has 1 fully saturated rings. The molecule has 1 aliphatic heterocycles. The zero-order valence-electron chi connectivity index (χ0n) is 14.9. The molecule has 1 atom stereocenters. The van der Waals surface area contributed by atoms with Crippen LogP contribution in [0.2, 0.25) is 0 Å². The van der Waals surface area contributed by atoms with E-state index in [-0.39, 0.29) is 12.1 Å². The molecule has 0 aromatic carbocycles. The van der Waals surface area contributed by atoms with Crippen LogP contribution < -0.4 is 4.74 Å². The summed E-state index contributed by atoms with van der Waals surface area (Å²) in [5.41, 5.74) is 1.20.